The van der Waals surface area contributed by atoms with E-state index < -0.39 is 6.10 Å². The zero-order valence-electron chi connectivity index (χ0n) is 11.9. The van der Waals surface area contributed by atoms with E-state index in [0.717, 1.165) is 12.0 Å². The predicted molar refractivity (Wildman–Crippen MR) is 86.8 cm³/mol. The first-order valence-corrected chi connectivity index (χ1v) is 8.31. The summed E-state index contributed by atoms with van der Waals surface area (Å²) in [4.78, 5) is 11.8. The first kappa shape index (κ1) is 15.8. The Morgan fingerprint density at radius 3 is 2.70 bits per heavy atom. The highest BCUT2D eigenvalue weighted by Crippen LogP contribution is 2.29. The molecule has 1 saturated heterocycles. The molecule has 3 atom stereocenters. The number of alkyl halides is 1. The summed E-state index contributed by atoms with van der Waals surface area (Å²) in [6.45, 7) is 4.83. The van der Waals surface area contributed by atoms with E-state index >= 15 is 0 Å². The molecule has 0 amide bonds. The van der Waals surface area contributed by atoms with Gasteiger partial charge in [-0.05, 0) is 17.9 Å². The maximum Gasteiger partial charge on any atom is 0.335 e. The molecule has 0 aliphatic carbocycles. The fraction of sp³-hybridized carbons (Fsp3) is 0.562. The summed E-state index contributed by atoms with van der Waals surface area (Å²) < 4.78 is 11.5. The second-order valence-corrected chi connectivity index (χ2v) is 7.24. The zero-order chi connectivity index (χ0) is 14.5. The average Bonchev–Trinajstić information content (AvgIpc) is 2.78. The number of carbonyl (C=O) groups excluding carboxylic acids is 1. The molecule has 110 valence electrons. The monoisotopic (exact) mass is 388 g/mol. The maximum atomic E-state index is 11.8. The fourth-order valence-electron chi connectivity index (χ4n) is 2.31. The summed E-state index contributed by atoms with van der Waals surface area (Å²) in [5.41, 5.74) is 1.08. The number of rotatable bonds is 6. The summed E-state index contributed by atoms with van der Waals surface area (Å²) in [7, 11) is 0. The summed E-state index contributed by atoms with van der Waals surface area (Å²) in [5, 5.41) is 0. The first-order valence-electron chi connectivity index (χ1n) is 7.06. The van der Waals surface area contributed by atoms with Gasteiger partial charge in [-0.15, -0.1) is 0 Å². The van der Waals surface area contributed by atoms with E-state index in [0.29, 0.717) is 22.9 Å². The van der Waals surface area contributed by atoms with Gasteiger partial charge in [0.1, 0.15) is 6.10 Å². The molecule has 20 heavy (non-hydrogen) atoms. The van der Waals surface area contributed by atoms with Crippen LogP contribution >= 0.6 is 22.6 Å². The molecule has 0 spiro atoms. The van der Waals surface area contributed by atoms with Gasteiger partial charge in [0.15, 0.2) is 6.10 Å². The predicted octanol–water partition coefficient (Wildman–Crippen LogP) is 3.74. The van der Waals surface area contributed by atoms with Crippen LogP contribution in [-0.4, -0.2) is 22.1 Å². The van der Waals surface area contributed by atoms with Crippen LogP contribution in [0.4, 0.5) is 0 Å². The molecular formula is C16H21IO3. The van der Waals surface area contributed by atoms with Gasteiger partial charge in [-0.2, -0.15) is 0 Å². The molecule has 1 aromatic carbocycles. The van der Waals surface area contributed by atoms with E-state index in [1.165, 1.54) is 0 Å². The first-order chi connectivity index (χ1) is 9.56. The molecule has 1 heterocycles. The molecule has 0 bridgehead atoms. The van der Waals surface area contributed by atoms with Crippen molar-refractivity contribution < 1.29 is 14.3 Å². The van der Waals surface area contributed by atoms with E-state index in [1.807, 2.05) is 30.3 Å². The summed E-state index contributed by atoms with van der Waals surface area (Å²) in [5.74, 6) is 0.399. The Balaban J connectivity index is 1.83. The molecule has 0 unspecified atom stereocenters. The average molecular weight is 388 g/mol. The van der Waals surface area contributed by atoms with Crippen LogP contribution < -0.4 is 0 Å². The molecule has 4 heteroatoms. The van der Waals surface area contributed by atoms with Crippen LogP contribution in [0.2, 0.25) is 0 Å². The van der Waals surface area contributed by atoms with Crippen molar-refractivity contribution in [3.63, 3.8) is 0 Å². The Labute approximate surface area is 134 Å². The van der Waals surface area contributed by atoms with E-state index in [1.54, 1.807) is 0 Å². The lowest BCUT2D eigenvalue weighted by Gasteiger charge is -2.17. The van der Waals surface area contributed by atoms with E-state index in [2.05, 4.69) is 36.4 Å². The number of hydrogen-bond acceptors (Lipinski definition) is 3. The SMILES string of the molecule is CC(C)C[C@H](I)[C@H]1C[C@H](OCc2ccccc2)C(=O)O1. The summed E-state index contributed by atoms with van der Waals surface area (Å²) >= 11 is 2.39. The van der Waals surface area contributed by atoms with Crippen molar-refractivity contribution in [2.75, 3.05) is 0 Å². The Bertz CT molecular complexity index is 433. The second kappa shape index (κ2) is 7.41. The lowest BCUT2D eigenvalue weighted by Crippen LogP contribution is -2.22. The van der Waals surface area contributed by atoms with Gasteiger partial charge in [-0.1, -0.05) is 66.8 Å². The number of cyclic esters (lactones) is 1. The van der Waals surface area contributed by atoms with Crippen LogP contribution in [0.15, 0.2) is 30.3 Å². The van der Waals surface area contributed by atoms with Crippen molar-refractivity contribution in [1.82, 2.24) is 0 Å². The fourth-order valence-corrected chi connectivity index (χ4v) is 3.77. The van der Waals surface area contributed by atoms with Gasteiger partial charge in [-0.25, -0.2) is 4.79 Å². The number of halogens is 1. The number of esters is 1. The quantitative estimate of drug-likeness (QED) is 0.423. The van der Waals surface area contributed by atoms with Crippen LogP contribution in [0, 0.1) is 5.92 Å². The topological polar surface area (TPSA) is 35.5 Å². The van der Waals surface area contributed by atoms with Crippen molar-refractivity contribution >= 4 is 28.6 Å². The number of benzene rings is 1. The van der Waals surface area contributed by atoms with Crippen molar-refractivity contribution in [3.8, 4) is 0 Å². The lowest BCUT2D eigenvalue weighted by molar-refractivity contribution is -0.150. The van der Waals surface area contributed by atoms with Crippen LogP contribution in [0.25, 0.3) is 0 Å². The van der Waals surface area contributed by atoms with Gasteiger partial charge in [0.25, 0.3) is 0 Å². The summed E-state index contributed by atoms with van der Waals surface area (Å²) in [6.07, 6.45) is 1.31. The third-order valence-corrected chi connectivity index (χ3v) is 4.68. The number of carbonyl (C=O) groups is 1. The molecule has 1 aliphatic heterocycles. The normalized spacial score (nSPS) is 23.9. The Kier molecular flexibility index (Phi) is 5.84. The minimum Gasteiger partial charge on any atom is -0.459 e. The van der Waals surface area contributed by atoms with E-state index in [9.17, 15) is 4.79 Å². The molecule has 0 aromatic heterocycles. The maximum absolute atomic E-state index is 11.8. The minimum atomic E-state index is -0.412. The highest BCUT2D eigenvalue weighted by atomic mass is 127. The van der Waals surface area contributed by atoms with Crippen LogP contribution in [0.5, 0.6) is 0 Å². The molecule has 1 fully saturated rings. The van der Waals surface area contributed by atoms with Crippen molar-refractivity contribution in [2.45, 2.75) is 49.4 Å². The molecule has 0 saturated carbocycles. The van der Waals surface area contributed by atoms with Crippen LogP contribution in [0.3, 0.4) is 0 Å². The van der Waals surface area contributed by atoms with Crippen molar-refractivity contribution in [3.05, 3.63) is 35.9 Å². The Hall–Kier alpha value is -0.620. The smallest absolute Gasteiger partial charge is 0.335 e. The van der Waals surface area contributed by atoms with Gasteiger partial charge in [0.2, 0.25) is 0 Å². The molecule has 3 nitrogen and oxygen atoms in total. The van der Waals surface area contributed by atoms with E-state index in [4.69, 9.17) is 9.47 Å². The molecule has 1 aromatic rings. The number of ether oxygens (including phenoxy) is 2. The lowest BCUT2D eigenvalue weighted by atomic mass is 10.0. The molecule has 0 N–H and O–H groups in total. The van der Waals surface area contributed by atoms with Crippen LogP contribution in [0.1, 0.15) is 32.3 Å². The largest absolute Gasteiger partial charge is 0.459 e. The molecule has 1 aliphatic rings. The standard InChI is InChI=1S/C16H21IO3/c1-11(2)8-13(17)14-9-15(16(18)20-14)19-10-12-6-4-3-5-7-12/h3-7,11,13-15H,8-10H2,1-2H3/t13-,14+,15-/m0/s1. The van der Waals surface area contributed by atoms with Crippen molar-refractivity contribution in [1.29, 1.82) is 0 Å². The van der Waals surface area contributed by atoms with Gasteiger partial charge in [0.05, 0.1) is 6.61 Å². The van der Waals surface area contributed by atoms with Gasteiger partial charge in [-0.3, -0.25) is 0 Å². The molecule has 0 radical (unpaired) electrons. The van der Waals surface area contributed by atoms with Crippen LogP contribution in [-0.2, 0) is 20.9 Å². The highest BCUT2D eigenvalue weighted by Gasteiger charge is 2.38. The number of hydrogen-bond donors (Lipinski definition) is 0. The third-order valence-electron chi connectivity index (χ3n) is 3.37. The van der Waals surface area contributed by atoms with Gasteiger partial charge >= 0.3 is 5.97 Å². The molecule has 2 rings (SSSR count). The minimum absolute atomic E-state index is 0.00808. The van der Waals surface area contributed by atoms with Gasteiger partial charge < -0.3 is 9.47 Å². The molecular weight excluding hydrogens is 367 g/mol. The van der Waals surface area contributed by atoms with Gasteiger partial charge in [0, 0.05) is 10.3 Å². The Morgan fingerprint density at radius 2 is 2.05 bits per heavy atom. The second-order valence-electron chi connectivity index (χ2n) is 5.64. The summed E-state index contributed by atoms with van der Waals surface area (Å²) in [6, 6.07) is 9.90. The highest BCUT2D eigenvalue weighted by molar-refractivity contribution is 14.1. The zero-order valence-corrected chi connectivity index (χ0v) is 14.1. The van der Waals surface area contributed by atoms with E-state index in [-0.39, 0.29) is 12.1 Å². The Morgan fingerprint density at radius 1 is 1.35 bits per heavy atom. The van der Waals surface area contributed by atoms with Crippen molar-refractivity contribution in [2.24, 2.45) is 5.92 Å². The third kappa shape index (κ3) is 4.45.